The summed E-state index contributed by atoms with van der Waals surface area (Å²) in [6, 6.07) is 3.78. The number of hydrogen-bond acceptors (Lipinski definition) is 3. The zero-order chi connectivity index (χ0) is 14.5. The molecule has 0 heterocycles. The van der Waals surface area contributed by atoms with Crippen molar-refractivity contribution in [3.05, 3.63) is 34.1 Å². The second-order valence-corrected chi connectivity index (χ2v) is 5.54. The molecule has 0 aliphatic heterocycles. The summed E-state index contributed by atoms with van der Waals surface area (Å²) in [6.07, 6.45) is 6.65. The second kappa shape index (κ2) is 6.68. The van der Waals surface area contributed by atoms with E-state index >= 15 is 0 Å². The summed E-state index contributed by atoms with van der Waals surface area (Å²) in [5, 5.41) is 14.2. The Labute approximate surface area is 118 Å². The molecule has 4 nitrogen and oxygen atoms in total. The van der Waals surface area contributed by atoms with E-state index in [4.69, 9.17) is 0 Å². The number of nitro groups is 1. The van der Waals surface area contributed by atoms with E-state index in [0.717, 1.165) is 37.7 Å². The zero-order valence-electron chi connectivity index (χ0n) is 11.8. The number of nitrogens with one attached hydrogen (secondary N) is 1. The quantitative estimate of drug-likeness (QED) is 0.501. The summed E-state index contributed by atoms with van der Waals surface area (Å²) >= 11 is 0. The third-order valence-corrected chi connectivity index (χ3v) is 4.18. The van der Waals surface area contributed by atoms with Crippen LogP contribution in [-0.4, -0.2) is 11.0 Å². The van der Waals surface area contributed by atoms with Crippen LogP contribution in [0.25, 0.3) is 0 Å². The van der Waals surface area contributed by atoms with Crippen LogP contribution >= 0.6 is 0 Å². The predicted octanol–water partition coefficient (Wildman–Crippen LogP) is 4.50. The minimum Gasteiger partial charge on any atom is -0.377 e. The lowest BCUT2D eigenvalue weighted by Crippen LogP contribution is -2.19. The van der Waals surface area contributed by atoms with Gasteiger partial charge in [0.1, 0.15) is 11.5 Å². The lowest BCUT2D eigenvalue weighted by molar-refractivity contribution is -0.384. The number of hydrogen-bond donors (Lipinski definition) is 1. The van der Waals surface area contributed by atoms with Gasteiger partial charge in [-0.25, -0.2) is 4.39 Å². The number of anilines is 1. The SMILES string of the molecule is CCC1CCCC(Nc2cc(F)ccc2[N+](=O)[O-])CC1. The Balaban J connectivity index is 2.09. The van der Waals surface area contributed by atoms with Crippen molar-refractivity contribution in [3.8, 4) is 0 Å². The van der Waals surface area contributed by atoms with Gasteiger partial charge in [-0.1, -0.05) is 26.2 Å². The Morgan fingerprint density at radius 2 is 2.15 bits per heavy atom. The summed E-state index contributed by atoms with van der Waals surface area (Å²) in [7, 11) is 0. The van der Waals surface area contributed by atoms with Crippen LogP contribution in [0.15, 0.2) is 18.2 Å². The largest absolute Gasteiger partial charge is 0.377 e. The Bertz CT molecular complexity index is 479. The highest BCUT2D eigenvalue weighted by Gasteiger charge is 2.21. The van der Waals surface area contributed by atoms with Gasteiger partial charge in [-0.2, -0.15) is 0 Å². The third-order valence-electron chi connectivity index (χ3n) is 4.18. The van der Waals surface area contributed by atoms with Gasteiger partial charge in [-0.05, 0) is 31.2 Å². The number of nitrogens with zero attached hydrogens (tertiary/aromatic N) is 1. The van der Waals surface area contributed by atoms with Crippen molar-refractivity contribution in [2.75, 3.05) is 5.32 Å². The van der Waals surface area contributed by atoms with Gasteiger partial charge in [0.15, 0.2) is 0 Å². The van der Waals surface area contributed by atoms with Crippen molar-refractivity contribution >= 4 is 11.4 Å². The van der Waals surface area contributed by atoms with Gasteiger partial charge in [0.2, 0.25) is 0 Å². The molecule has 0 spiro atoms. The summed E-state index contributed by atoms with van der Waals surface area (Å²) < 4.78 is 13.3. The minimum absolute atomic E-state index is 0.0531. The van der Waals surface area contributed by atoms with E-state index in [2.05, 4.69) is 12.2 Å². The monoisotopic (exact) mass is 280 g/mol. The lowest BCUT2D eigenvalue weighted by Gasteiger charge is -2.18. The molecule has 110 valence electrons. The molecule has 0 saturated heterocycles. The Kier molecular flexibility index (Phi) is 4.93. The van der Waals surface area contributed by atoms with E-state index in [1.807, 2.05) is 0 Å². The first kappa shape index (κ1) is 14.8. The van der Waals surface area contributed by atoms with Crippen molar-refractivity contribution in [2.45, 2.75) is 51.5 Å². The van der Waals surface area contributed by atoms with Crippen LogP contribution in [0.1, 0.15) is 45.4 Å². The van der Waals surface area contributed by atoms with Crippen molar-refractivity contribution in [3.63, 3.8) is 0 Å². The molecule has 1 saturated carbocycles. The molecule has 5 heteroatoms. The van der Waals surface area contributed by atoms with Crippen LogP contribution < -0.4 is 5.32 Å². The highest BCUT2D eigenvalue weighted by atomic mass is 19.1. The Hall–Kier alpha value is -1.65. The highest BCUT2D eigenvalue weighted by molar-refractivity contribution is 5.61. The first-order valence-corrected chi connectivity index (χ1v) is 7.30. The van der Waals surface area contributed by atoms with Crippen molar-refractivity contribution in [1.82, 2.24) is 0 Å². The van der Waals surface area contributed by atoms with Crippen LogP contribution in [-0.2, 0) is 0 Å². The average Bonchev–Trinajstić information content (AvgIpc) is 2.63. The van der Waals surface area contributed by atoms with E-state index in [0.29, 0.717) is 5.69 Å². The standard InChI is InChI=1S/C15H21FN2O2/c1-2-11-4-3-5-13(8-6-11)17-14-10-12(16)7-9-15(14)18(19)20/h7,9-11,13,17H,2-6,8H2,1H3. The van der Waals surface area contributed by atoms with Gasteiger partial charge in [-0.15, -0.1) is 0 Å². The molecule has 0 radical (unpaired) electrons. The van der Waals surface area contributed by atoms with Crippen molar-refractivity contribution in [1.29, 1.82) is 0 Å². The maximum atomic E-state index is 13.3. The molecular weight excluding hydrogens is 259 g/mol. The fourth-order valence-electron chi connectivity index (χ4n) is 2.93. The molecule has 1 N–H and O–H groups in total. The van der Waals surface area contributed by atoms with E-state index in [1.165, 1.54) is 25.0 Å². The van der Waals surface area contributed by atoms with Crippen LogP contribution in [0.5, 0.6) is 0 Å². The number of rotatable bonds is 4. The summed E-state index contributed by atoms with van der Waals surface area (Å²) in [5.74, 6) is 0.308. The molecule has 1 aromatic rings. The van der Waals surface area contributed by atoms with Gasteiger partial charge in [0.25, 0.3) is 5.69 Å². The second-order valence-electron chi connectivity index (χ2n) is 5.54. The minimum atomic E-state index is -0.465. The Morgan fingerprint density at radius 1 is 1.35 bits per heavy atom. The molecule has 0 bridgehead atoms. The summed E-state index contributed by atoms with van der Waals surface area (Å²) in [4.78, 5) is 10.5. The molecule has 20 heavy (non-hydrogen) atoms. The third kappa shape index (κ3) is 3.68. The molecule has 2 rings (SSSR count). The summed E-state index contributed by atoms with van der Waals surface area (Å²) in [6.45, 7) is 2.20. The fraction of sp³-hybridized carbons (Fsp3) is 0.600. The van der Waals surface area contributed by atoms with Crippen LogP contribution in [0.3, 0.4) is 0 Å². The number of halogens is 1. The maximum Gasteiger partial charge on any atom is 0.292 e. The lowest BCUT2D eigenvalue weighted by atomic mass is 9.98. The maximum absolute atomic E-state index is 13.3. The average molecular weight is 280 g/mol. The normalized spacial score (nSPS) is 23.1. The molecule has 1 aromatic carbocycles. The first-order chi connectivity index (χ1) is 9.60. The fourth-order valence-corrected chi connectivity index (χ4v) is 2.93. The smallest absolute Gasteiger partial charge is 0.292 e. The van der Waals surface area contributed by atoms with Crippen LogP contribution in [0.2, 0.25) is 0 Å². The molecule has 1 fully saturated rings. The van der Waals surface area contributed by atoms with Crippen LogP contribution in [0, 0.1) is 21.8 Å². The molecule has 1 aliphatic carbocycles. The van der Waals surface area contributed by atoms with Gasteiger partial charge in [-0.3, -0.25) is 10.1 Å². The van der Waals surface area contributed by atoms with Crippen molar-refractivity contribution < 1.29 is 9.31 Å². The molecule has 1 aliphatic rings. The van der Waals surface area contributed by atoms with Crippen LogP contribution in [0.4, 0.5) is 15.8 Å². The van der Waals surface area contributed by atoms with E-state index in [9.17, 15) is 14.5 Å². The molecule has 0 aromatic heterocycles. The highest BCUT2D eigenvalue weighted by Crippen LogP contribution is 2.30. The van der Waals surface area contributed by atoms with E-state index < -0.39 is 10.7 Å². The molecule has 2 unspecified atom stereocenters. The van der Waals surface area contributed by atoms with Gasteiger partial charge in [0.05, 0.1) is 4.92 Å². The van der Waals surface area contributed by atoms with E-state index in [1.54, 1.807) is 0 Å². The summed E-state index contributed by atoms with van der Waals surface area (Å²) in [5.41, 5.74) is 0.248. The first-order valence-electron chi connectivity index (χ1n) is 7.30. The molecular formula is C15H21FN2O2. The zero-order valence-corrected chi connectivity index (χ0v) is 11.8. The topological polar surface area (TPSA) is 55.2 Å². The van der Waals surface area contributed by atoms with Gasteiger partial charge >= 0.3 is 0 Å². The number of benzene rings is 1. The molecule has 2 atom stereocenters. The molecule has 0 amide bonds. The van der Waals surface area contributed by atoms with Gasteiger partial charge in [0, 0.05) is 18.2 Å². The number of nitro benzene ring substituents is 1. The van der Waals surface area contributed by atoms with Gasteiger partial charge < -0.3 is 5.32 Å². The Morgan fingerprint density at radius 3 is 2.85 bits per heavy atom. The van der Waals surface area contributed by atoms with Crippen molar-refractivity contribution in [2.24, 2.45) is 5.92 Å². The predicted molar refractivity (Wildman–Crippen MR) is 77.3 cm³/mol. The van der Waals surface area contributed by atoms with E-state index in [-0.39, 0.29) is 11.7 Å².